The van der Waals surface area contributed by atoms with Gasteiger partial charge in [-0.15, -0.1) is 11.3 Å². The average molecular weight is 319 g/mol. The molecule has 16 heavy (non-hydrogen) atoms. The maximum Gasteiger partial charge on any atom is 0.157 e. The van der Waals surface area contributed by atoms with Crippen LogP contribution in [0, 0.1) is 5.92 Å². The van der Waals surface area contributed by atoms with Gasteiger partial charge in [0.25, 0.3) is 0 Å². The van der Waals surface area contributed by atoms with Crippen LogP contribution in [0.25, 0.3) is 0 Å². The number of thiophene rings is 1. The minimum Gasteiger partial charge on any atom is -0.361 e. The summed E-state index contributed by atoms with van der Waals surface area (Å²) in [6, 6.07) is 4.78. The van der Waals surface area contributed by atoms with Gasteiger partial charge in [-0.05, 0) is 34.0 Å². The molecule has 1 atom stereocenters. The standard InChI is InChI=1S/C11H15BrN2S2/c1-7(2)9-6-15-11(14-9)13-5-8-3-4-10(12)16-8/h3-4,7,9H,5-6H2,1-2H3,(H,13,14)/t9-/m1/s1. The van der Waals surface area contributed by atoms with Gasteiger partial charge in [0.15, 0.2) is 5.17 Å². The highest BCUT2D eigenvalue weighted by molar-refractivity contribution is 9.11. The number of nitrogens with one attached hydrogen (secondary N) is 1. The molecule has 1 fully saturated rings. The summed E-state index contributed by atoms with van der Waals surface area (Å²) >= 11 is 7.05. The lowest BCUT2D eigenvalue weighted by molar-refractivity contribution is 0.503. The Morgan fingerprint density at radius 3 is 2.94 bits per heavy atom. The van der Waals surface area contributed by atoms with Crippen molar-refractivity contribution in [3.63, 3.8) is 0 Å². The van der Waals surface area contributed by atoms with E-state index in [4.69, 9.17) is 0 Å². The first-order chi connectivity index (χ1) is 7.65. The van der Waals surface area contributed by atoms with Crippen molar-refractivity contribution in [2.24, 2.45) is 10.9 Å². The zero-order chi connectivity index (χ0) is 11.5. The molecule has 1 aromatic heterocycles. The van der Waals surface area contributed by atoms with E-state index in [2.05, 4.69) is 52.2 Å². The second-order valence-electron chi connectivity index (χ2n) is 4.13. The van der Waals surface area contributed by atoms with E-state index >= 15 is 0 Å². The first-order valence-electron chi connectivity index (χ1n) is 5.33. The van der Waals surface area contributed by atoms with Gasteiger partial charge in [0, 0.05) is 16.7 Å². The zero-order valence-electron chi connectivity index (χ0n) is 9.37. The lowest BCUT2D eigenvalue weighted by Gasteiger charge is -2.12. The number of hydrogen-bond acceptors (Lipinski definition) is 3. The van der Waals surface area contributed by atoms with E-state index in [9.17, 15) is 0 Å². The molecule has 5 heteroatoms. The molecule has 0 amide bonds. The van der Waals surface area contributed by atoms with Crippen LogP contribution < -0.4 is 5.32 Å². The van der Waals surface area contributed by atoms with Crippen molar-refractivity contribution in [2.75, 3.05) is 5.75 Å². The van der Waals surface area contributed by atoms with Gasteiger partial charge >= 0.3 is 0 Å². The molecular weight excluding hydrogens is 304 g/mol. The highest BCUT2D eigenvalue weighted by Crippen LogP contribution is 2.24. The number of rotatable bonds is 3. The van der Waals surface area contributed by atoms with Crippen molar-refractivity contribution in [3.05, 3.63) is 20.8 Å². The second kappa shape index (κ2) is 5.56. The van der Waals surface area contributed by atoms with Gasteiger partial charge in [-0.3, -0.25) is 4.99 Å². The van der Waals surface area contributed by atoms with Crippen LogP contribution in [0.4, 0.5) is 0 Å². The topological polar surface area (TPSA) is 24.4 Å². The Hall–Kier alpha value is -0.0000000000000000278. The predicted molar refractivity (Wildman–Crippen MR) is 77.4 cm³/mol. The molecule has 0 saturated carbocycles. The molecule has 2 nitrogen and oxygen atoms in total. The molecule has 0 radical (unpaired) electrons. The van der Waals surface area contributed by atoms with E-state index in [0.717, 1.165) is 17.5 Å². The van der Waals surface area contributed by atoms with Crippen molar-refractivity contribution in [2.45, 2.75) is 26.4 Å². The summed E-state index contributed by atoms with van der Waals surface area (Å²) in [5.41, 5.74) is 0. The first-order valence-corrected chi connectivity index (χ1v) is 7.92. The van der Waals surface area contributed by atoms with Crippen LogP contribution in [0.3, 0.4) is 0 Å². The van der Waals surface area contributed by atoms with Crippen LogP contribution in [0.15, 0.2) is 20.9 Å². The molecule has 1 aliphatic heterocycles. The van der Waals surface area contributed by atoms with Crippen molar-refractivity contribution >= 4 is 44.2 Å². The lowest BCUT2D eigenvalue weighted by atomic mass is 10.1. The summed E-state index contributed by atoms with van der Waals surface area (Å²) in [7, 11) is 0. The first kappa shape index (κ1) is 12.5. The van der Waals surface area contributed by atoms with Crippen molar-refractivity contribution in [1.29, 1.82) is 0 Å². The highest BCUT2D eigenvalue weighted by Gasteiger charge is 2.22. The van der Waals surface area contributed by atoms with Gasteiger partial charge in [0.2, 0.25) is 0 Å². The molecule has 1 N–H and O–H groups in total. The zero-order valence-corrected chi connectivity index (χ0v) is 12.6. The van der Waals surface area contributed by atoms with Crippen molar-refractivity contribution in [3.8, 4) is 0 Å². The normalized spacial score (nSPS) is 23.0. The van der Waals surface area contributed by atoms with Crippen molar-refractivity contribution in [1.82, 2.24) is 5.32 Å². The quantitative estimate of drug-likeness (QED) is 0.918. The molecule has 2 rings (SSSR count). The summed E-state index contributed by atoms with van der Waals surface area (Å²) < 4.78 is 1.18. The molecule has 1 aromatic rings. The van der Waals surface area contributed by atoms with E-state index in [-0.39, 0.29) is 0 Å². The fourth-order valence-corrected chi connectivity index (χ4v) is 4.05. The second-order valence-corrected chi connectivity index (χ2v) is 7.69. The summed E-state index contributed by atoms with van der Waals surface area (Å²) in [5, 5.41) is 4.57. The molecule has 0 bridgehead atoms. The van der Waals surface area contributed by atoms with Crippen molar-refractivity contribution < 1.29 is 0 Å². The number of nitrogens with zero attached hydrogens (tertiary/aromatic N) is 1. The fourth-order valence-electron chi connectivity index (χ4n) is 1.45. The number of halogens is 1. The van der Waals surface area contributed by atoms with E-state index in [1.165, 1.54) is 8.66 Å². The molecule has 0 unspecified atom stereocenters. The van der Waals surface area contributed by atoms with Crippen LogP contribution >= 0.6 is 39.0 Å². The fraction of sp³-hybridized carbons (Fsp3) is 0.545. The summed E-state index contributed by atoms with van der Waals surface area (Å²) in [4.78, 5) is 5.90. The maximum atomic E-state index is 4.60. The van der Waals surface area contributed by atoms with E-state index in [1.54, 1.807) is 11.3 Å². The third-order valence-corrected chi connectivity index (χ3v) is 5.18. The average Bonchev–Trinajstić information content (AvgIpc) is 2.83. The van der Waals surface area contributed by atoms with Gasteiger partial charge in [-0.1, -0.05) is 25.6 Å². The minimum atomic E-state index is 0.582. The SMILES string of the molecule is CC(C)[C@H]1CSC(=NCc2ccc(Br)s2)N1. The smallest absolute Gasteiger partial charge is 0.157 e. The Labute approximate surface area is 113 Å². The molecule has 0 spiro atoms. The van der Waals surface area contributed by atoms with Gasteiger partial charge in [0.05, 0.1) is 10.3 Å². The Kier molecular flexibility index (Phi) is 4.33. The number of hydrogen-bond donors (Lipinski definition) is 1. The molecule has 1 aliphatic rings. The molecular formula is C11H15BrN2S2. The maximum absolute atomic E-state index is 4.60. The third-order valence-electron chi connectivity index (χ3n) is 2.52. The molecule has 2 heterocycles. The van der Waals surface area contributed by atoms with Crippen LogP contribution in [0.5, 0.6) is 0 Å². The Balaban J connectivity index is 1.90. The lowest BCUT2D eigenvalue weighted by Crippen LogP contribution is -2.31. The molecule has 0 aromatic carbocycles. The van der Waals surface area contributed by atoms with Gasteiger partial charge < -0.3 is 5.32 Å². The number of amidine groups is 1. The number of aliphatic imine (C=N–C) groups is 1. The predicted octanol–water partition coefficient (Wildman–Crippen LogP) is 3.73. The largest absolute Gasteiger partial charge is 0.361 e. The van der Waals surface area contributed by atoms with Crippen LogP contribution in [-0.4, -0.2) is 17.0 Å². The number of thioether (sulfide) groups is 1. The molecule has 0 aliphatic carbocycles. The minimum absolute atomic E-state index is 0.582. The Morgan fingerprint density at radius 2 is 2.38 bits per heavy atom. The van der Waals surface area contributed by atoms with Crippen LogP contribution in [-0.2, 0) is 6.54 Å². The van der Waals surface area contributed by atoms with E-state index < -0.39 is 0 Å². The molecule has 88 valence electrons. The van der Waals surface area contributed by atoms with E-state index in [1.807, 2.05) is 11.8 Å². The van der Waals surface area contributed by atoms with Gasteiger partial charge in [0.1, 0.15) is 0 Å². The third kappa shape index (κ3) is 3.25. The molecule has 1 saturated heterocycles. The van der Waals surface area contributed by atoms with Gasteiger partial charge in [-0.2, -0.15) is 0 Å². The van der Waals surface area contributed by atoms with E-state index in [0.29, 0.717) is 12.0 Å². The summed E-state index contributed by atoms with van der Waals surface area (Å²) in [6.07, 6.45) is 0. The summed E-state index contributed by atoms with van der Waals surface area (Å²) in [6.45, 7) is 5.28. The Bertz CT molecular complexity index is 387. The Morgan fingerprint density at radius 1 is 1.56 bits per heavy atom. The summed E-state index contributed by atoms with van der Waals surface area (Å²) in [5.74, 6) is 1.82. The van der Waals surface area contributed by atoms with Gasteiger partial charge in [-0.25, -0.2) is 0 Å². The van der Waals surface area contributed by atoms with Crippen LogP contribution in [0.1, 0.15) is 18.7 Å². The monoisotopic (exact) mass is 318 g/mol. The van der Waals surface area contributed by atoms with Crippen LogP contribution in [0.2, 0.25) is 0 Å². The highest BCUT2D eigenvalue weighted by atomic mass is 79.9.